The van der Waals surface area contributed by atoms with Crippen LogP contribution in [0.5, 0.6) is 0 Å². The van der Waals surface area contributed by atoms with Crippen LogP contribution in [0.2, 0.25) is 0 Å². The molecular formula is C8H8FNO2. The third-order valence-corrected chi connectivity index (χ3v) is 1.80. The summed E-state index contributed by atoms with van der Waals surface area (Å²) < 4.78 is 12.9. The van der Waals surface area contributed by atoms with Gasteiger partial charge in [-0.3, -0.25) is 10.1 Å². The molecule has 0 aliphatic heterocycles. The van der Waals surface area contributed by atoms with Crippen molar-refractivity contribution in [2.45, 2.75) is 13.8 Å². The molecule has 0 N–H and O–H groups in total. The zero-order chi connectivity index (χ0) is 9.30. The van der Waals surface area contributed by atoms with Gasteiger partial charge < -0.3 is 0 Å². The Hall–Kier alpha value is -1.45. The average molecular weight is 169 g/mol. The number of non-ortho nitro benzene ring substituents is 1. The highest BCUT2D eigenvalue weighted by atomic mass is 19.1. The van der Waals surface area contributed by atoms with Crippen molar-refractivity contribution in [2.75, 3.05) is 0 Å². The molecule has 4 heteroatoms. The number of nitrogens with zero attached hydrogens (tertiary/aromatic N) is 1. The van der Waals surface area contributed by atoms with Gasteiger partial charge in [0.2, 0.25) is 0 Å². The predicted octanol–water partition coefficient (Wildman–Crippen LogP) is 2.35. The second-order valence-corrected chi connectivity index (χ2v) is 2.63. The van der Waals surface area contributed by atoms with Crippen LogP contribution in [-0.4, -0.2) is 4.92 Å². The van der Waals surface area contributed by atoms with E-state index in [1.807, 2.05) is 0 Å². The van der Waals surface area contributed by atoms with Gasteiger partial charge in [0, 0.05) is 6.07 Å². The van der Waals surface area contributed by atoms with Gasteiger partial charge in [0.05, 0.1) is 11.0 Å². The monoisotopic (exact) mass is 169 g/mol. The van der Waals surface area contributed by atoms with Crippen LogP contribution >= 0.6 is 0 Å². The maximum atomic E-state index is 12.9. The van der Waals surface area contributed by atoms with Crippen LogP contribution in [0.4, 0.5) is 10.1 Å². The van der Waals surface area contributed by atoms with E-state index in [-0.39, 0.29) is 5.69 Å². The van der Waals surface area contributed by atoms with Gasteiger partial charge >= 0.3 is 0 Å². The van der Waals surface area contributed by atoms with Gasteiger partial charge in [0.25, 0.3) is 5.69 Å². The Bertz CT molecular complexity index is 313. The quantitative estimate of drug-likeness (QED) is 0.478. The normalized spacial score (nSPS) is 9.92. The number of hydrogen-bond acceptors (Lipinski definition) is 2. The lowest BCUT2D eigenvalue weighted by atomic mass is 10.1. The zero-order valence-electron chi connectivity index (χ0n) is 6.80. The smallest absolute Gasteiger partial charge is 0.258 e. The second kappa shape index (κ2) is 2.89. The van der Waals surface area contributed by atoms with E-state index in [4.69, 9.17) is 0 Å². The van der Waals surface area contributed by atoms with Gasteiger partial charge in [0.1, 0.15) is 5.82 Å². The Kier molecular flexibility index (Phi) is 2.08. The predicted molar refractivity (Wildman–Crippen MR) is 42.5 cm³/mol. The number of halogens is 1. The van der Waals surface area contributed by atoms with E-state index in [2.05, 4.69) is 0 Å². The molecule has 0 fully saturated rings. The fourth-order valence-electron chi connectivity index (χ4n) is 0.904. The van der Waals surface area contributed by atoms with Gasteiger partial charge in [-0.05, 0) is 25.0 Å². The molecule has 3 nitrogen and oxygen atoms in total. The Morgan fingerprint density at radius 1 is 1.42 bits per heavy atom. The first kappa shape index (κ1) is 8.64. The number of nitro groups is 1. The summed E-state index contributed by atoms with van der Waals surface area (Å²) in [4.78, 5) is 9.65. The minimum absolute atomic E-state index is 0.199. The van der Waals surface area contributed by atoms with E-state index >= 15 is 0 Å². The molecule has 0 heterocycles. The second-order valence-electron chi connectivity index (χ2n) is 2.63. The minimum atomic E-state index is -0.602. The third-order valence-electron chi connectivity index (χ3n) is 1.80. The summed E-state index contributed by atoms with van der Waals surface area (Å²) in [5.41, 5.74) is 0.859. The van der Waals surface area contributed by atoms with Crippen molar-refractivity contribution in [1.82, 2.24) is 0 Å². The molecule has 0 atom stereocenters. The number of benzene rings is 1. The molecule has 0 saturated carbocycles. The van der Waals surface area contributed by atoms with Crippen molar-refractivity contribution in [3.05, 3.63) is 39.2 Å². The van der Waals surface area contributed by atoms with Gasteiger partial charge in [-0.2, -0.15) is 0 Å². The zero-order valence-corrected chi connectivity index (χ0v) is 6.80. The largest absolute Gasteiger partial charge is 0.272 e. The molecule has 0 bridgehead atoms. The number of hydrogen-bond donors (Lipinski definition) is 0. The molecule has 0 radical (unpaired) electrons. The molecule has 0 saturated heterocycles. The SMILES string of the molecule is Cc1cc([N+](=O)[O-])cc(F)c1C. The summed E-state index contributed by atoms with van der Waals surface area (Å²) in [6, 6.07) is 2.29. The van der Waals surface area contributed by atoms with Gasteiger partial charge in [-0.25, -0.2) is 4.39 Å². The number of aryl methyl sites for hydroxylation is 1. The molecular weight excluding hydrogens is 161 g/mol. The highest BCUT2D eigenvalue weighted by Gasteiger charge is 2.10. The standard InChI is InChI=1S/C8H8FNO2/c1-5-3-7(10(11)12)4-8(9)6(5)2/h3-4H,1-2H3. The lowest BCUT2D eigenvalue weighted by molar-refractivity contribution is -0.385. The highest BCUT2D eigenvalue weighted by Crippen LogP contribution is 2.19. The number of rotatable bonds is 1. The molecule has 0 aliphatic carbocycles. The highest BCUT2D eigenvalue weighted by molar-refractivity contribution is 5.39. The maximum Gasteiger partial charge on any atom is 0.272 e. The Morgan fingerprint density at radius 2 is 2.00 bits per heavy atom. The summed E-state index contributed by atoms with van der Waals surface area (Å²) in [5.74, 6) is -0.526. The van der Waals surface area contributed by atoms with Crippen molar-refractivity contribution in [3.8, 4) is 0 Å². The molecule has 0 aliphatic rings. The van der Waals surface area contributed by atoms with Crippen molar-refractivity contribution < 1.29 is 9.31 Å². The molecule has 0 spiro atoms. The summed E-state index contributed by atoms with van der Waals surface area (Å²) in [5, 5.41) is 10.3. The Labute approximate surface area is 69.0 Å². The maximum absolute atomic E-state index is 12.9. The van der Waals surface area contributed by atoms with Gasteiger partial charge in [-0.15, -0.1) is 0 Å². The fourth-order valence-corrected chi connectivity index (χ4v) is 0.904. The van der Waals surface area contributed by atoms with E-state index in [9.17, 15) is 14.5 Å². The van der Waals surface area contributed by atoms with Crippen molar-refractivity contribution in [3.63, 3.8) is 0 Å². The number of nitro benzene ring substituents is 1. The van der Waals surface area contributed by atoms with Gasteiger partial charge in [0.15, 0.2) is 0 Å². The molecule has 0 amide bonds. The van der Waals surface area contributed by atoms with Crippen LogP contribution in [0.3, 0.4) is 0 Å². The topological polar surface area (TPSA) is 43.1 Å². The minimum Gasteiger partial charge on any atom is -0.258 e. The van der Waals surface area contributed by atoms with E-state index in [1.165, 1.54) is 6.07 Å². The lowest BCUT2D eigenvalue weighted by Gasteiger charge is -2.00. The van der Waals surface area contributed by atoms with Crippen LogP contribution in [-0.2, 0) is 0 Å². The van der Waals surface area contributed by atoms with E-state index in [0.717, 1.165) is 6.07 Å². The molecule has 1 rings (SSSR count). The van der Waals surface area contributed by atoms with E-state index in [0.29, 0.717) is 11.1 Å². The van der Waals surface area contributed by atoms with Crippen LogP contribution in [0.1, 0.15) is 11.1 Å². The van der Waals surface area contributed by atoms with E-state index in [1.54, 1.807) is 13.8 Å². The summed E-state index contributed by atoms with van der Waals surface area (Å²) >= 11 is 0. The summed E-state index contributed by atoms with van der Waals surface area (Å²) in [7, 11) is 0. The van der Waals surface area contributed by atoms with Gasteiger partial charge in [-0.1, -0.05) is 0 Å². The summed E-state index contributed by atoms with van der Waals surface area (Å²) in [6.45, 7) is 3.24. The first-order valence-electron chi connectivity index (χ1n) is 3.43. The molecule has 0 unspecified atom stereocenters. The molecule has 12 heavy (non-hydrogen) atoms. The van der Waals surface area contributed by atoms with E-state index < -0.39 is 10.7 Å². The fraction of sp³-hybridized carbons (Fsp3) is 0.250. The van der Waals surface area contributed by atoms with Crippen LogP contribution in [0, 0.1) is 29.8 Å². The first-order valence-corrected chi connectivity index (χ1v) is 3.43. The molecule has 1 aromatic rings. The molecule has 1 aromatic carbocycles. The van der Waals surface area contributed by atoms with Crippen LogP contribution in [0.15, 0.2) is 12.1 Å². The van der Waals surface area contributed by atoms with Crippen molar-refractivity contribution in [2.24, 2.45) is 0 Å². The molecule has 0 aromatic heterocycles. The summed E-state index contributed by atoms with van der Waals surface area (Å²) in [6.07, 6.45) is 0. The first-order chi connectivity index (χ1) is 5.52. The van der Waals surface area contributed by atoms with Crippen LogP contribution < -0.4 is 0 Å². The Balaban J connectivity index is 3.31. The third kappa shape index (κ3) is 1.42. The molecule has 64 valence electrons. The van der Waals surface area contributed by atoms with Crippen LogP contribution in [0.25, 0.3) is 0 Å². The average Bonchev–Trinajstić information content (AvgIpc) is 1.99. The van der Waals surface area contributed by atoms with Crippen molar-refractivity contribution >= 4 is 5.69 Å². The van der Waals surface area contributed by atoms with Crippen molar-refractivity contribution in [1.29, 1.82) is 0 Å². The Morgan fingerprint density at radius 3 is 2.42 bits per heavy atom. The lowest BCUT2D eigenvalue weighted by Crippen LogP contribution is -1.93.